The van der Waals surface area contributed by atoms with E-state index in [1.165, 1.54) is 0 Å². The van der Waals surface area contributed by atoms with Gasteiger partial charge in [0.25, 0.3) is 5.91 Å². The summed E-state index contributed by atoms with van der Waals surface area (Å²) in [5.74, 6) is 0.421. The molecule has 1 fully saturated rings. The van der Waals surface area contributed by atoms with Crippen LogP contribution in [0.25, 0.3) is 11.3 Å². The highest BCUT2D eigenvalue weighted by Crippen LogP contribution is 2.23. The molecule has 0 unspecified atom stereocenters. The van der Waals surface area contributed by atoms with Gasteiger partial charge in [-0.25, -0.2) is 9.78 Å². The molecule has 2 aromatic heterocycles. The van der Waals surface area contributed by atoms with Gasteiger partial charge >= 0.3 is 6.03 Å². The summed E-state index contributed by atoms with van der Waals surface area (Å²) in [4.78, 5) is 38.6. The van der Waals surface area contributed by atoms with E-state index in [-0.39, 0.29) is 11.9 Å². The Balaban J connectivity index is 1.33. The van der Waals surface area contributed by atoms with E-state index < -0.39 is 0 Å². The van der Waals surface area contributed by atoms with Crippen LogP contribution in [0.2, 0.25) is 0 Å². The van der Waals surface area contributed by atoms with Crippen molar-refractivity contribution in [2.75, 3.05) is 63.5 Å². The molecular formula is C28H36N8O2. The number of hydrogen-bond donors (Lipinski definition) is 4. The monoisotopic (exact) mass is 516 g/mol. The van der Waals surface area contributed by atoms with Gasteiger partial charge in [0, 0.05) is 76.0 Å². The maximum Gasteiger partial charge on any atom is 0.319 e. The Hall–Kier alpha value is -4.02. The predicted octanol–water partition coefficient (Wildman–Crippen LogP) is 2.87. The van der Waals surface area contributed by atoms with Gasteiger partial charge in [-0.1, -0.05) is 18.2 Å². The van der Waals surface area contributed by atoms with E-state index in [9.17, 15) is 9.59 Å². The smallest absolute Gasteiger partial charge is 0.319 e. The summed E-state index contributed by atoms with van der Waals surface area (Å²) in [6.07, 6.45) is 3.41. The highest BCUT2D eigenvalue weighted by Gasteiger charge is 2.16. The van der Waals surface area contributed by atoms with Gasteiger partial charge in [-0.3, -0.25) is 14.7 Å². The Morgan fingerprint density at radius 3 is 2.47 bits per heavy atom. The van der Waals surface area contributed by atoms with Crippen molar-refractivity contribution < 1.29 is 9.59 Å². The standard InChI is InChI=1S/C28H36N8O2/c1-3-30-26-24(27(37)31-13-14-36-17-15-35(2)16-18-36)10-11-25(34-26)22-6-8-23(9-7-22)33-28(38)32-20-21-5-4-12-29-19-21/h4-12,19H,3,13-18,20H2,1-2H3,(H,30,34)(H,31,37)(H2,32,33,38). The zero-order valence-corrected chi connectivity index (χ0v) is 22.0. The van der Waals surface area contributed by atoms with E-state index in [1.807, 2.05) is 55.5 Å². The van der Waals surface area contributed by atoms with Crippen molar-refractivity contribution in [3.63, 3.8) is 0 Å². The van der Waals surface area contributed by atoms with Crippen molar-refractivity contribution >= 4 is 23.4 Å². The minimum Gasteiger partial charge on any atom is -0.370 e. The number of rotatable bonds is 10. The van der Waals surface area contributed by atoms with Gasteiger partial charge in [-0.05, 0) is 49.9 Å². The van der Waals surface area contributed by atoms with Crippen LogP contribution < -0.4 is 21.3 Å². The number of hydrogen-bond acceptors (Lipinski definition) is 7. The van der Waals surface area contributed by atoms with Crippen molar-refractivity contribution in [1.82, 2.24) is 30.4 Å². The lowest BCUT2D eigenvalue weighted by Crippen LogP contribution is -2.46. The molecule has 0 aliphatic carbocycles. The van der Waals surface area contributed by atoms with Crippen molar-refractivity contribution in [3.8, 4) is 11.3 Å². The summed E-state index contributed by atoms with van der Waals surface area (Å²) in [5, 5.41) is 11.9. The topological polar surface area (TPSA) is 115 Å². The van der Waals surface area contributed by atoms with Gasteiger partial charge in [0.15, 0.2) is 0 Å². The largest absolute Gasteiger partial charge is 0.370 e. The molecule has 3 amide bonds. The molecule has 0 spiro atoms. The first-order valence-corrected chi connectivity index (χ1v) is 13.0. The number of aromatic nitrogens is 2. The van der Waals surface area contributed by atoms with Gasteiger partial charge in [0.2, 0.25) is 0 Å². The molecule has 10 nitrogen and oxygen atoms in total. The Labute approximate surface area is 223 Å². The van der Waals surface area contributed by atoms with Gasteiger partial charge in [-0.15, -0.1) is 0 Å². The number of carbonyl (C=O) groups excluding carboxylic acids is 2. The van der Waals surface area contributed by atoms with Crippen LogP contribution in [0, 0.1) is 0 Å². The number of nitrogens with one attached hydrogen (secondary N) is 4. The number of amides is 3. The van der Waals surface area contributed by atoms with Crippen LogP contribution in [0.3, 0.4) is 0 Å². The first kappa shape index (κ1) is 27.0. The van der Waals surface area contributed by atoms with Gasteiger partial charge in [0.1, 0.15) is 5.82 Å². The lowest BCUT2D eigenvalue weighted by atomic mass is 10.1. The van der Waals surface area contributed by atoms with Gasteiger partial charge in [-0.2, -0.15) is 0 Å². The molecule has 0 atom stereocenters. The van der Waals surface area contributed by atoms with Crippen LogP contribution in [0.15, 0.2) is 60.9 Å². The summed E-state index contributed by atoms with van der Waals surface area (Å²) < 4.78 is 0. The second kappa shape index (κ2) is 13.5. The number of pyridine rings is 2. The minimum atomic E-state index is -0.294. The second-order valence-electron chi connectivity index (χ2n) is 9.27. The maximum absolute atomic E-state index is 12.9. The number of anilines is 2. The SMILES string of the molecule is CCNc1nc(-c2ccc(NC(=O)NCc3cccnc3)cc2)ccc1C(=O)NCCN1CCN(C)CC1. The molecule has 3 heterocycles. The predicted molar refractivity (Wildman–Crippen MR) is 150 cm³/mol. The van der Waals surface area contributed by atoms with E-state index in [0.717, 1.165) is 49.5 Å². The zero-order chi connectivity index (χ0) is 26.7. The molecular weight excluding hydrogens is 480 g/mol. The number of likely N-dealkylation sites (N-methyl/N-ethyl adjacent to an activating group) is 1. The van der Waals surface area contributed by atoms with E-state index in [4.69, 9.17) is 4.98 Å². The molecule has 1 aromatic carbocycles. The van der Waals surface area contributed by atoms with Crippen LogP contribution in [-0.4, -0.2) is 84.6 Å². The molecule has 1 aliphatic rings. The number of piperazine rings is 1. The number of carbonyl (C=O) groups is 2. The fourth-order valence-corrected chi connectivity index (χ4v) is 4.18. The maximum atomic E-state index is 12.9. The summed E-state index contributed by atoms with van der Waals surface area (Å²) in [6, 6.07) is 14.5. The fourth-order valence-electron chi connectivity index (χ4n) is 4.18. The fraction of sp³-hybridized carbons (Fsp3) is 0.357. The summed E-state index contributed by atoms with van der Waals surface area (Å²) >= 11 is 0. The highest BCUT2D eigenvalue weighted by atomic mass is 16.2. The molecule has 1 aliphatic heterocycles. The third kappa shape index (κ3) is 7.74. The molecule has 0 bridgehead atoms. The third-order valence-corrected chi connectivity index (χ3v) is 6.41. The molecule has 4 N–H and O–H groups in total. The van der Waals surface area contributed by atoms with Crippen molar-refractivity contribution in [3.05, 3.63) is 72.1 Å². The van der Waals surface area contributed by atoms with Crippen molar-refractivity contribution in [1.29, 1.82) is 0 Å². The molecule has 4 rings (SSSR count). The Kier molecular flexibility index (Phi) is 9.60. The average molecular weight is 517 g/mol. The van der Waals surface area contributed by atoms with Crippen LogP contribution >= 0.6 is 0 Å². The molecule has 38 heavy (non-hydrogen) atoms. The number of nitrogens with zero attached hydrogens (tertiary/aromatic N) is 4. The molecule has 200 valence electrons. The van der Waals surface area contributed by atoms with Gasteiger partial charge in [0.05, 0.1) is 11.3 Å². The van der Waals surface area contributed by atoms with E-state index in [1.54, 1.807) is 12.4 Å². The van der Waals surface area contributed by atoms with Crippen LogP contribution in [0.4, 0.5) is 16.3 Å². The quantitative estimate of drug-likeness (QED) is 0.328. The molecule has 10 heteroatoms. The summed E-state index contributed by atoms with van der Waals surface area (Å²) in [7, 11) is 2.13. The van der Waals surface area contributed by atoms with E-state index in [0.29, 0.717) is 36.7 Å². The van der Waals surface area contributed by atoms with E-state index in [2.05, 4.69) is 43.1 Å². The Morgan fingerprint density at radius 1 is 0.974 bits per heavy atom. The Bertz CT molecular complexity index is 1200. The average Bonchev–Trinajstić information content (AvgIpc) is 2.94. The second-order valence-corrected chi connectivity index (χ2v) is 9.27. The first-order chi connectivity index (χ1) is 18.5. The minimum absolute atomic E-state index is 0.133. The van der Waals surface area contributed by atoms with Crippen molar-refractivity contribution in [2.45, 2.75) is 13.5 Å². The van der Waals surface area contributed by atoms with E-state index >= 15 is 0 Å². The van der Waals surface area contributed by atoms with Crippen molar-refractivity contribution in [2.24, 2.45) is 0 Å². The lowest BCUT2D eigenvalue weighted by Gasteiger charge is -2.32. The third-order valence-electron chi connectivity index (χ3n) is 6.41. The Morgan fingerprint density at radius 2 is 1.76 bits per heavy atom. The van der Waals surface area contributed by atoms with Crippen LogP contribution in [-0.2, 0) is 6.54 Å². The lowest BCUT2D eigenvalue weighted by molar-refractivity contribution is 0.0941. The number of urea groups is 1. The first-order valence-electron chi connectivity index (χ1n) is 13.0. The van der Waals surface area contributed by atoms with Gasteiger partial charge < -0.3 is 26.2 Å². The molecule has 0 saturated carbocycles. The molecule has 3 aromatic rings. The van der Waals surface area contributed by atoms with Crippen LogP contribution in [0.1, 0.15) is 22.8 Å². The highest BCUT2D eigenvalue weighted by molar-refractivity contribution is 5.99. The summed E-state index contributed by atoms with van der Waals surface area (Å²) in [5.41, 5.74) is 3.74. The normalized spacial score (nSPS) is 14.1. The van der Waals surface area contributed by atoms with Crippen LogP contribution in [0.5, 0.6) is 0 Å². The molecule has 1 saturated heterocycles. The zero-order valence-electron chi connectivity index (χ0n) is 22.0. The molecule has 0 radical (unpaired) electrons. The summed E-state index contributed by atoms with van der Waals surface area (Å²) in [6.45, 7) is 8.61. The number of benzene rings is 1.